The summed E-state index contributed by atoms with van der Waals surface area (Å²) in [6.45, 7) is 1.44. The predicted octanol–water partition coefficient (Wildman–Crippen LogP) is 2.65. The first-order chi connectivity index (χ1) is 8.33. The molecule has 0 bridgehead atoms. The van der Waals surface area contributed by atoms with E-state index in [9.17, 15) is 0 Å². The number of hydrogen-bond acceptors (Lipinski definition) is 3. The molecule has 0 amide bonds. The lowest BCUT2D eigenvalue weighted by Crippen LogP contribution is -2.23. The maximum Gasteiger partial charge on any atom is 0.114 e. The molecule has 1 aromatic heterocycles. The third-order valence-electron chi connectivity index (χ3n) is 3.18. The fourth-order valence-corrected chi connectivity index (χ4v) is 2.12. The second-order valence-electron chi connectivity index (χ2n) is 4.37. The Bertz CT molecular complexity index is 521. The van der Waals surface area contributed by atoms with Crippen LogP contribution in [-0.4, -0.2) is 27.7 Å². The van der Waals surface area contributed by atoms with Gasteiger partial charge in [0.1, 0.15) is 5.52 Å². The Morgan fingerprint density at radius 2 is 2.29 bits per heavy atom. The Morgan fingerprint density at radius 1 is 1.41 bits per heavy atom. The number of ether oxygens (including phenoxy) is 1. The number of rotatable bonds is 4. The molecule has 90 valence electrons. The van der Waals surface area contributed by atoms with Crippen molar-refractivity contribution in [2.75, 3.05) is 6.61 Å². The van der Waals surface area contributed by atoms with Crippen LogP contribution >= 0.6 is 11.6 Å². The Morgan fingerprint density at radius 3 is 3.06 bits per heavy atom. The van der Waals surface area contributed by atoms with E-state index < -0.39 is 0 Å². The van der Waals surface area contributed by atoms with Gasteiger partial charge in [-0.3, -0.25) is 0 Å². The highest BCUT2D eigenvalue weighted by Gasteiger charge is 2.17. The normalized spacial score (nSPS) is 16.3. The van der Waals surface area contributed by atoms with Crippen LogP contribution in [0.25, 0.3) is 11.0 Å². The Hall–Kier alpha value is -1.13. The highest BCUT2D eigenvalue weighted by atomic mass is 35.5. The Kier molecular flexibility index (Phi) is 2.99. The molecular formula is C12H14ClN3O. The monoisotopic (exact) mass is 251 g/mol. The van der Waals surface area contributed by atoms with Crippen molar-refractivity contribution in [2.24, 2.45) is 0 Å². The summed E-state index contributed by atoms with van der Waals surface area (Å²) < 4.78 is 7.57. The molecule has 0 unspecified atom stereocenters. The van der Waals surface area contributed by atoms with Crippen LogP contribution < -0.4 is 0 Å². The second-order valence-corrected chi connectivity index (χ2v) is 4.81. The van der Waals surface area contributed by atoms with Crippen molar-refractivity contribution in [2.45, 2.75) is 31.9 Å². The van der Waals surface area contributed by atoms with Crippen LogP contribution in [0.3, 0.4) is 0 Å². The highest BCUT2D eigenvalue weighted by molar-refractivity contribution is 6.31. The van der Waals surface area contributed by atoms with Crippen molar-refractivity contribution in [3.63, 3.8) is 0 Å². The fourth-order valence-electron chi connectivity index (χ4n) is 1.95. The molecule has 0 spiro atoms. The molecule has 3 rings (SSSR count). The van der Waals surface area contributed by atoms with E-state index in [-0.39, 0.29) is 0 Å². The minimum atomic E-state index is 0.472. The maximum absolute atomic E-state index is 5.90. The summed E-state index contributed by atoms with van der Waals surface area (Å²) in [5.41, 5.74) is 1.84. The van der Waals surface area contributed by atoms with E-state index in [1.165, 1.54) is 19.3 Å². The van der Waals surface area contributed by atoms with Gasteiger partial charge < -0.3 is 4.74 Å². The van der Waals surface area contributed by atoms with Crippen LogP contribution in [0.1, 0.15) is 19.3 Å². The van der Waals surface area contributed by atoms with Gasteiger partial charge in [0.25, 0.3) is 0 Å². The quantitative estimate of drug-likeness (QED) is 0.839. The van der Waals surface area contributed by atoms with Gasteiger partial charge >= 0.3 is 0 Å². The van der Waals surface area contributed by atoms with Crippen molar-refractivity contribution in [1.82, 2.24) is 15.0 Å². The lowest BCUT2D eigenvalue weighted by molar-refractivity contribution is -0.00212. The molecule has 1 aromatic carbocycles. The number of hydrogen-bond donors (Lipinski definition) is 0. The predicted molar refractivity (Wildman–Crippen MR) is 66.1 cm³/mol. The van der Waals surface area contributed by atoms with E-state index in [2.05, 4.69) is 10.3 Å². The van der Waals surface area contributed by atoms with Crippen LogP contribution in [0.15, 0.2) is 18.2 Å². The molecule has 0 aliphatic heterocycles. The smallest absolute Gasteiger partial charge is 0.114 e. The summed E-state index contributed by atoms with van der Waals surface area (Å²) in [7, 11) is 0. The molecule has 1 fully saturated rings. The first kappa shape index (κ1) is 11.0. The van der Waals surface area contributed by atoms with Crippen LogP contribution in [-0.2, 0) is 11.3 Å². The van der Waals surface area contributed by atoms with Gasteiger partial charge in [-0.05, 0) is 37.5 Å². The fraction of sp³-hybridized carbons (Fsp3) is 0.500. The first-order valence-corrected chi connectivity index (χ1v) is 6.31. The highest BCUT2D eigenvalue weighted by Crippen LogP contribution is 2.22. The molecule has 1 heterocycles. The zero-order valence-electron chi connectivity index (χ0n) is 9.47. The van der Waals surface area contributed by atoms with Gasteiger partial charge in [0, 0.05) is 5.02 Å². The first-order valence-electron chi connectivity index (χ1n) is 5.93. The summed E-state index contributed by atoms with van der Waals surface area (Å²) in [5, 5.41) is 8.88. The van der Waals surface area contributed by atoms with Crippen LogP contribution in [0.5, 0.6) is 0 Å². The van der Waals surface area contributed by atoms with Gasteiger partial charge in [0.05, 0.1) is 24.8 Å². The number of fused-ring (bicyclic) bond motifs is 1. The molecule has 1 aliphatic rings. The van der Waals surface area contributed by atoms with Crippen molar-refractivity contribution in [1.29, 1.82) is 0 Å². The van der Waals surface area contributed by atoms with Crippen LogP contribution in [0, 0.1) is 0 Å². The number of nitrogens with zero attached hydrogens (tertiary/aromatic N) is 3. The minimum Gasteiger partial charge on any atom is -0.376 e. The summed E-state index contributed by atoms with van der Waals surface area (Å²) >= 11 is 5.90. The molecule has 1 aliphatic carbocycles. The Balaban J connectivity index is 1.67. The molecule has 5 heteroatoms. The van der Waals surface area contributed by atoms with Crippen molar-refractivity contribution < 1.29 is 4.74 Å². The maximum atomic E-state index is 5.90. The summed E-state index contributed by atoms with van der Waals surface area (Å²) in [6, 6.07) is 5.63. The van der Waals surface area contributed by atoms with Gasteiger partial charge in [-0.1, -0.05) is 16.8 Å². The zero-order valence-corrected chi connectivity index (χ0v) is 10.2. The summed E-state index contributed by atoms with van der Waals surface area (Å²) in [5.74, 6) is 0. The number of aromatic nitrogens is 3. The van der Waals surface area contributed by atoms with Gasteiger partial charge in [-0.15, -0.1) is 5.10 Å². The molecule has 1 saturated carbocycles. The lowest BCUT2D eigenvalue weighted by Gasteiger charge is -2.25. The van der Waals surface area contributed by atoms with E-state index in [4.69, 9.17) is 16.3 Å². The van der Waals surface area contributed by atoms with Gasteiger partial charge in [-0.2, -0.15) is 0 Å². The lowest BCUT2D eigenvalue weighted by atomic mass is 9.96. The van der Waals surface area contributed by atoms with Crippen molar-refractivity contribution >= 4 is 22.6 Å². The topological polar surface area (TPSA) is 39.9 Å². The van der Waals surface area contributed by atoms with Crippen LogP contribution in [0.4, 0.5) is 0 Å². The van der Waals surface area contributed by atoms with E-state index >= 15 is 0 Å². The molecule has 2 aromatic rings. The SMILES string of the molecule is Clc1ccc2c(c1)nnn2CCOC1CCC1. The van der Waals surface area contributed by atoms with E-state index in [0.717, 1.165) is 17.6 Å². The van der Waals surface area contributed by atoms with Crippen LogP contribution in [0.2, 0.25) is 5.02 Å². The number of benzene rings is 1. The molecule has 0 atom stereocenters. The standard InChI is InChI=1S/C12H14ClN3O/c13-9-4-5-12-11(8-9)14-15-16(12)6-7-17-10-2-1-3-10/h4-5,8,10H,1-3,6-7H2. The number of halogens is 1. The van der Waals surface area contributed by atoms with Gasteiger partial charge in [0.2, 0.25) is 0 Å². The largest absolute Gasteiger partial charge is 0.376 e. The Labute approximate surface area is 105 Å². The average molecular weight is 252 g/mol. The zero-order chi connectivity index (χ0) is 11.7. The average Bonchev–Trinajstić information content (AvgIpc) is 2.64. The molecule has 4 nitrogen and oxygen atoms in total. The third-order valence-corrected chi connectivity index (χ3v) is 3.42. The second kappa shape index (κ2) is 4.63. The molecular weight excluding hydrogens is 238 g/mol. The molecule has 0 saturated heterocycles. The van der Waals surface area contributed by atoms with E-state index in [1.807, 2.05) is 22.9 Å². The third kappa shape index (κ3) is 2.28. The van der Waals surface area contributed by atoms with E-state index in [0.29, 0.717) is 17.7 Å². The molecule has 0 N–H and O–H groups in total. The van der Waals surface area contributed by atoms with Crippen molar-refractivity contribution in [3.8, 4) is 0 Å². The minimum absolute atomic E-state index is 0.472. The van der Waals surface area contributed by atoms with E-state index in [1.54, 1.807) is 0 Å². The summed E-state index contributed by atoms with van der Waals surface area (Å²) in [6.07, 6.45) is 4.18. The molecule has 0 radical (unpaired) electrons. The molecule has 17 heavy (non-hydrogen) atoms. The summed E-state index contributed by atoms with van der Waals surface area (Å²) in [4.78, 5) is 0. The van der Waals surface area contributed by atoms with Gasteiger partial charge in [-0.25, -0.2) is 4.68 Å². The van der Waals surface area contributed by atoms with Crippen molar-refractivity contribution in [3.05, 3.63) is 23.2 Å². The van der Waals surface area contributed by atoms with Gasteiger partial charge in [0.15, 0.2) is 0 Å².